The van der Waals surface area contributed by atoms with Crippen LogP contribution in [0, 0.1) is 11.3 Å². The summed E-state index contributed by atoms with van der Waals surface area (Å²) >= 11 is 0. The molecule has 2 heteroatoms. The lowest BCUT2D eigenvalue weighted by atomic mass is 9.82. The zero-order valence-electron chi connectivity index (χ0n) is 8.85. The Morgan fingerprint density at radius 3 is 2.33 bits per heavy atom. The minimum atomic E-state index is 0.289. The van der Waals surface area contributed by atoms with Gasteiger partial charge in [0.1, 0.15) is 0 Å². The molecular formula is C10H23NO. The first-order chi connectivity index (χ1) is 5.48. The molecule has 0 fully saturated rings. The van der Waals surface area contributed by atoms with Crippen LogP contribution < -0.4 is 5.32 Å². The van der Waals surface area contributed by atoms with Gasteiger partial charge in [-0.3, -0.25) is 0 Å². The largest absolute Gasteiger partial charge is 0.396 e. The van der Waals surface area contributed by atoms with Crippen LogP contribution in [0.1, 0.15) is 34.1 Å². The van der Waals surface area contributed by atoms with E-state index in [9.17, 15) is 0 Å². The molecule has 74 valence electrons. The summed E-state index contributed by atoms with van der Waals surface area (Å²) in [5, 5.41) is 11.9. The molecule has 0 rings (SSSR count). The average molecular weight is 173 g/mol. The van der Waals surface area contributed by atoms with E-state index in [4.69, 9.17) is 5.11 Å². The zero-order valence-corrected chi connectivity index (χ0v) is 8.85. The highest BCUT2D eigenvalue weighted by Gasteiger charge is 2.18. The second-order valence-corrected chi connectivity index (χ2v) is 4.55. The van der Waals surface area contributed by atoms with Crippen LogP contribution in [0.25, 0.3) is 0 Å². The Morgan fingerprint density at radius 2 is 1.92 bits per heavy atom. The van der Waals surface area contributed by atoms with Crippen LogP contribution in [0.5, 0.6) is 0 Å². The Balaban J connectivity index is 3.38. The fourth-order valence-corrected chi connectivity index (χ4v) is 0.829. The first-order valence-corrected chi connectivity index (χ1v) is 4.80. The summed E-state index contributed by atoms with van der Waals surface area (Å²) < 4.78 is 0. The predicted molar refractivity (Wildman–Crippen MR) is 53.2 cm³/mol. The predicted octanol–water partition coefficient (Wildman–Crippen LogP) is 1.64. The number of aliphatic hydroxyl groups excluding tert-OH is 1. The van der Waals surface area contributed by atoms with Gasteiger partial charge in [-0.15, -0.1) is 0 Å². The number of hydrogen-bond acceptors (Lipinski definition) is 2. The number of hydrogen-bond donors (Lipinski definition) is 2. The molecular weight excluding hydrogens is 150 g/mol. The minimum absolute atomic E-state index is 0.289. The molecule has 0 radical (unpaired) electrons. The maximum Gasteiger partial charge on any atom is 0.0443 e. The molecule has 12 heavy (non-hydrogen) atoms. The lowest BCUT2D eigenvalue weighted by Crippen LogP contribution is -2.30. The molecule has 0 heterocycles. The first kappa shape index (κ1) is 11.9. The summed E-state index contributed by atoms with van der Waals surface area (Å²) in [4.78, 5) is 0. The Hall–Kier alpha value is -0.0800. The van der Waals surface area contributed by atoms with Crippen LogP contribution in [-0.2, 0) is 0 Å². The molecule has 0 saturated heterocycles. The van der Waals surface area contributed by atoms with E-state index < -0.39 is 0 Å². The number of nitrogens with one attached hydrogen (secondary N) is 1. The monoisotopic (exact) mass is 173 g/mol. The van der Waals surface area contributed by atoms with Gasteiger partial charge in [0.05, 0.1) is 0 Å². The van der Waals surface area contributed by atoms with Gasteiger partial charge in [-0.05, 0) is 30.8 Å². The van der Waals surface area contributed by atoms with Crippen molar-refractivity contribution >= 4 is 0 Å². The van der Waals surface area contributed by atoms with E-state index in [1.165, 1.54) is 0 Å². The molecule has 1 unspecified atom stereocenters. The summed E-state index contributed by atoms with van der Waals surface area (Å²) in [6.07, 6.45) is 0.858. The molecule has 0 bridgehead atoms. The van der Waals surface area contributed by atoms with Gasteiger partial charge < -0.3 is 10.4 Å². The van der Waals surface area contributed by atoms with E-state index in [0.29, 0.717) is 11.3 Å². The second-order valence-electron chi connectivity index (χ2n) is 4.55. The van der Waals surface area contributed by atoms with Crippen molar-refractivity contribution in [3.63, 3.8) is 0 Å². The van der Waals surface area contributed by atoms with Gasteiger partial charge >= 0.3 is 0 Å². The van der Waals surface area contributed by atoms with Crippen LogP contribution >= 0.6 is 0 Å². The molecule has 0 amide bonds. The van der Waals surface area contributed by atoms with E-state index in [1.807, 2.05) is 0 Å². The van der Waals surface area contributed by atoms with Crippen molar-refractivity contribution < 1.29 is 5.11 Å². The Morgan fingerprint density at radius 1 is 1.33 bits per heavy atom. The Labute approximate surface area is 76.4 Å². The van der Waals surface area contributed by atoms with Crippen LogP contribution in [0.2, 0.25) is 0 Å². The summed E-state index contributed by atoms with van der Waals surface area (Å²) in [5.41, 5.74) is 0.381. The molecule has 0 saturated carbocycles. The summed E-state index contributed by atoms with van der Waals surface area (Å²) in [5.74, 6) is 0.677. The van der Waals surface area contributed by atoms with Crippen molar-refractivity contribution in [2.24, 2.45) is 11.3 Å². The molecule has 0 aromatic heterocycles. The minimum Gasteiger partial charge on any atom is -0.396 e. The third-order valence-corrected chi connectivity index (χ3v) is 2.44. The van der Waals surface area contributed by atoms with Gasteiger partial charge in [-0.2, -0.15) is 0 Å². The maximum absolute atomic E-state index is 8.55. The van der Waals surface area contributed by atoms with Crippen LogP contribution in [0.4, 0.5) is 0 Å². The highest BCUT2D eigenvalue weighted by Crippen LogP contribution is 2.24. The molecule has 2 nitrogen and oxygen atoms in total. The summed E-state index contributed by atoms with van der Waals surface area (Å²) in [6.45, 7) is 11.3. The van der Waals surface area contributed by atoms with Crippen LogP contribution in [-0.4, -0.2) is 24.8 Å². The van der Waals surface area contributed by atoms with E-state index in [2.05, 4.69) is 33.0 Å². The molecule has 1 atom stereocenters. The average Bonchev–Trinajstić information content (AvgIpc) is 1.96. The Bertz CT molecular complexity index is 107. The summed E-state index contributed by atoms with van der Waals surface area (Å²) in [6, 6.07) is 0. The quantitative estimate of drug-likeness (QED) is 0.619. The van der Waals surface area contributed by atoms with Crippen molar-refractivity contribution in [1.29, 1.82) is 0 Å². The molecule has 0 spiro atoms. The topological polar surface area (TPSA) is 32.3 Å². The number of rotatable bonds is 5. The maximum atomic E-state index is 8.55. The third kappa shape index (κ3) is 5.56. The molecule has 2 N–H and O–H groups in total. The van der Waals surface area contributed by atoms with Gasteiger partial charge in [0.25, 0.3) is 0 Å². The molecule has 0 aromatic rings. The van der Waals surface area contributed by atoms with E-state index in [1.54, 1.807) is 0 Å². The standard InChI is InChI=1S/C10H23NO/c1-9(10(2,3)4)8-11-6-5-7-12/h9,11-12H,5-8H2,1-4H3. The highest BCUT2D eigenvalue weighted by molar-refractivity contribution is 4.71. The molecule has 0 aliphatic carbocycles. The van der Waals surface area contributed by atoms with Gasteiger partial charge in [-0.25, -0.2) is 0 Å². The van der Waals surface area contributed by atoms with E-state index in [-0.39, 0.29) is 6.61 Å². The van der Waals surface area contributed by atoms with Gasteiger partial charge in [-0.1, -0.05) is 27.7 Å². The van der Waals surface area contributed by atoms with Crippen molar-refractivity contribution in [3.8, 4) is 0 Å². The summed E-state index contributed by atoms with van der Waals surface area (Å²) in [7, 11) is 0. The van der Waals surface area contributed by atoms with Gasteiger partial charge in [0.2, 0.25) is 0 Å². The fraction of sp³-hybridized carbons (Fsp3) is 1.00. The normalized spacial score (nSPS) is 14.8. The zero-order chi connectivity index (χ0) is 9.61. The smallest absolute Gasteiger partial charge is 0.0443 e. The van der Waals surface area contributed by atoms with Gasteiger partial charge in [0.15, 0.2) is 0 Å². The Kier molecular flexibility index (Phi) is 5.51. The SMILES string of the molecule is CC(CNCCCO)C(C)(C)C. The van der Waals surface area contributed by atoms with Crippen molar-refractivity contribution in [2.75, 3.05) is 19.7 Å². The lowest BCUT2D eigenvalue weighted by molar-refractivity contribution is 0.246. The molecule has 0 aromatic carbocycles. The van der Waals surface area contributed by atoms with Crippen molar-refractivity contribution in [2.45, 2.75) is 34.1 Å². The fourth-order valence-electron chi connectivity index (χ4n) is 0.829. The van der Waals surface area contributed by atoms with Gasteiger partial charge in [0, 0.05) is 6.61 Å². The van der Waals surface area contributed by atoms with E-state index in [0.717, 1.165) is 19.5 Å². The van der Waals surface area contributed by atoms with Crippen molar-refractivity contribution in [1.82, 2.24) is 5.32 Å². The van der Waals surface area contributed by atoms with Crippen LogP contribution in [0.15, 0.2) is 0 Å². The molecule has 0 aliphatic heterocycles. The second kappa shape index (κ2) is 5.55. The lowest BCUT2D eigenvalue weighted by Gasteiger charge is -2.27. The van der Waals surface area contributed by atoms with Crippen LogP contribution in [0.3, 0.4) is 0 Å². The number of aliphatic hydroxyl groups is 1. The third-order valence-electron chi connectivity index (χ3n) is 2.44. The first-order valence-electron chi connectivity index (χ1n) is 4.80. The van der Waals surface area contributed by atoms with Crippen molar-refractivity contribution in [3.05, 3.63) is 0 Å². The highest BCUT2D eigenvalue weighted by atomic mass is 16.3. The molecule has 0 aliphatic rings. The van der Waals surface area contributed by atoms with E-state index >= 15 is 0 Å².